The molecule has 0 aromatic heterocycles. The number of allylic oxidation sites excluding steroid dienone is 4. The number of nitrogens with zero attached hydrogens (tertiary/aromatic N) is 1. The third-order valence-corrected chi connectivity index (χ3v) is 4.91. The highest BCUT2D eigenvalue weighted by molar-refractivity contribution is 6.00. The summed E-state index contributed by atoms with van der Waals surface area (Å²) < 4.78 is 68.9. The van der Waals surface area contributed by atoms with Gasteiger partial charge in [0, 0.05) is 0 Å². The van der Waals surface area contributed by atoms with E-state index in [4.69, 9.17) is 0 Å². The lowest BCUT2D eigenvalue weighted by Crippen LogP contribution is -2.32. The van der Waals surface area contributed by atoms with E-state index in [0.717, 1.165) is 16.7 Å². The Hall–Kier alpha value is -3.42. The summed E-state index contributed by atoms with van der Waals surface area (Å²) in [5.74, 6) is -1.47. The van der Waals surface area contributed by atoms with Crippen LogP contribution in [0.2, 0.25) is 0 Å². The van der Waals surface area contributed by atoms with Crippen molar-refractivity contribution < 1.29 is 26.7 Å². The van der Waals surface area contributed by atoms with Crippen LogP contribution in [0.4, 0.5) is 22.0 Å². The summed E-state index contributed by atoms with van der Waals surface area (Å²) in [6.45, 7) is 0.331. The van der Waals surface area contributed by atoms with Gasteiger partial charge in [-0.3, -0.25) is 4.99 Å². The second-order valence-corrected chi connectivity index (χ2v) is 6.99. The quantitative estimate of drug-likeness (QED) is 0.643. The lowest BCUT2D eigenvalue weighted by molar-refractivity contribution is -0.274. The van der Waals surface area contributed by atoms with Crippen LogP contribution in [0, 0.1) is 11.6 Å². The summed E-state index contributed by atoms with van der Waals surface area (Å²) in [5, 5.41) is 3.07. The number of benzene rings is 2. The van der Waals surface area contributed by atoms with E-state index in [1.807, 2.05) is 24.3 Å². The monoisotopic (exact) mass is 432 g/mol. The van der Waals surface area contributed by atoms with E-state index >= 15 is 0 Å². The number of hydrogen-bond donors (Lipinski definition) is 1. The van der Waals surface area contributed by atoms with E-state index in [-0.39, 0.29) is 23.2 Å². The number of rotatable bonds is 4. The fourth-order valence-corrected chi connectivity index (χ4v) is 3.47. The number of ether oxygens (including phenoxy) is 1. The molecule has 1 N–H and O–H groups in total. The Morgan fingerprint density at radius 3 is 2.32 bits per heavy atom. The van der Waals surface area contributed by atoms with E-state index in [0.29, 0.717) is 13.0 Å². The number of aliphatic imine (C=N–C) groups is 1. The van der Waals surface area contributed by atoms with Gasteiger partial charge in [0.15, 0.2) is 0 Å². The van der Waals surface area contributed by atoms with Crippen LogP contribution in [0.3, 0.4) is 0 Å². The van der Waals surface area contributed by atoms with Crippen LogP contribution in [0.25, 0.3) is 5.57 Å². The zero-order valence-corrected chi connectivity index (χ0v) is 16.1. The van der Waals surface area contributed by atoms with Crippen molar-refractivity contribution in [3.8, 4) is 5.75 Å². The van der Waals surface area contributed by atoms with Gasteiger partial charge >= 0.3 is 6.36 Å². The van der Waals surface area contributed by atoms with Gasteiger partial charge in [-0.25, -0.2) is 8.78 Å². The molecule has 1 heterocycles. The first-order valence-electron chi connectivity index (χ1n) is 9.50. The molecule has 0 bridgehead atoms. The highest BCUT2D eigenvalue weighted by atomic mass is 19.4. The van der Waals surface area contributed by atoms with Gasteiger partial charge in [-0.15, -0.1) is 13.2 Å². The average molecular weight is 432 g/mol. The highest BCUT2D eigenvalue weighted by Gasteiger charge is 2.31. The molecular formula is C23H17F5N2O. The number of halogens is 5. The van der Waals surface area contributed by atoms with Crippen LogP contribution in [-0.2, 0) is 0 Å². The molecule has 2 aromatic carbocycles. The lowest BCUT2D eigenvalue weighted by atomic mass is 10.0. The summed E-state index contributed by atoms with van der Waals surface area (Å²) in [6.07, 6.45) is 3.48. The molecule has 0 fully saturated rings. The van der Waals surface area contributed by atoms with Crippen molar-refractivity contribution >= 4 is 11.4 Å². The van der Waals surface area contributed by atoms with E-state index < -0.39 is 18.0 Å². The number of alkyl halides is 3. The van der Waals surface area contributed by atoms with E-state index in [1.165, 1.54) is 30.3 Å². The summed E-state index contributed by atoms with van der Waals surface area (Å²) in [4.78, 5) is 4.26. The molecule has 1 unspecified atom stereocenters. The SMILES string of the molecule is Fc1cccc(F)c1C1=NCC(C2=CCC=C(c3ccc(OC(F)(F)F)cc3)C=C2)N1. The number of hydrogen-bond acceptors (Lipinski definition) is 3. The fraction of sp³-hybridized carbons (Fsp3) is 0.174. The Bertz CT molecular complexity index is 1080. The Kier molecular flexibility index (Phi) is 5.63. The maximum Gasteiger partial charge on any atom is 0.573 e. The van der Waals surface area contributed by atoms with Crippen molar-refractivity contribution in [2.24, 2.45) is 4.99 Å². The first kappa shape index (κ1) is 20.8. The molecule has 8 heteroatoms. The van der Waals surface area contributed by atoms with Gasteiger partial charge in [-0.05, 0) is 47.4 Å². The first-order chi connectivity index (χ1) is 14.8. The Labute approximate surface area is 175 Å². The van der Waals surface area contributed by atoms with Crippen LogP contribution in [-0.4, -0.2) is 24.8 Å². The first-order valence-corrected chi connectivity index (χ1v) is 9.50. The second-order valence-electron chi connectivity index (χ2n) is 6.99. The number of amidine groups is 1. The van der Waals surface area contributed by atoms with E-state index in [1.54, 1.807) is 12.1 Å². The van der Waals surface area contributed by atoms with E-state index in [2.05, 4.69) is 15.0 Å². The summed E-state index contributed by atoms with van der Waals surface area (Å²) >= 11 is 0. The minimum atomic E-state index is -4.73. The Morgan fingerprint density at radius 1 is 0.935 bits per heavy atom. The zero-order valence-electron chi connectivity index (χ0n) is 16.1. The molecular weight excluding hydrogens is 415 g/mol. The highest BCUT2D eigenvalue weighted by Crippen LogP contribution is 2.27. The Morgan fingerprint density at radius 2 is 1.65 bits per heavy atom. The molecule has 0 saturated heterocycles. The van der Waals surface area contributed by atoms with Crippen molar-refractivity contribution in [1.82, 2.24) is 5.32 Å². The van der Waals surface area contributed by atoms with Crippen LogP contribution in [0.5, 0.6) is 5.75 Å². The van der Waals surface area contributed by atoms with Gasteiger partial charge in [0.25, 0.3) is 0 Å². The zero-order chi connectivity index (χ0) is 22.0. The Balaban J connectivity index is 1.44. The predicted molar refractivity (Wildman–Crippen MR) is 108 cm³/mol. The van der Waals surface area contributed by atoms with Gasteiger partial charge < -0.3 is 10.1 Å². The lowest BCUT2D eigenvalue weighted by Gasteiger charge is -2.14. The predicted octanol–water partition coefficient (Wildman–Crippen LogP) is 5.55. The van der Waals surface area contributed by atoms with Crippen molar-refractivity contribution in [3.05, 3.63) is 95.1 Å². The molecule has 0 radical (unpaired) electrons. The molecule has 3 nitrogen and oxygen atoms in total. The van der Waals surface area contributed by atoms with Gasteiger partial charge in [0.1, 0.15) is 23.2 Å². The maximum absolute atomic E-state index is 14.0. The largest absolute Gasteiger partial charge is 0.573 e. The molecule has 1 aliphatic carbocycles. The molecule has 0 saturated carbocycles. The number of nitrogens with one attached hydrogen (secondary N) is 1. The normalized spacial score (nSPS) is 18.6. The molecule has 160 valence electrons. The standard InChI is InChI=1S/C23H17F5N2O/c24-18-5-2-6-19(25)21(18)22-29-13-20(30-22)16-4-1-3-14(7-8-16)15-9-11-17(12-10-15)31-23(26,27)28/h2-12,20H,1,13H2,(H,29,30). The third-order valence-electron chi connectivity index (χ3n) is 4.91. The van der Waals surface area contributed by atoms with Crippen molar-refractivity contribution in [2.75, 3.05) is 6.54 Å². The molecule has 2 aromatic rings. The van der Waals surface area contributed by atoms with Crippen LogP contribution in [0.1, 0.15) is 17.5 Å². The van der Waals surface area contributed by atoms with Gasteiger partial charge in [0.2, 0.25) is 0 Å². The molecule has 4 rings (SSSR count). The molecule has 2 aliphatic rings. The van der Waals surface area contributed by atoms with Gasteiger partial charge in [-0.1, -0.05) is 42.5 Å². The maximum atomic E-state index is 14.0. The molecule has 0 spiro atoms. The minimum Gasteiger partial charge on any atom is -0.406 e. The van der Waals surface area contributed by atoms with Crippen LogP contribution < -0.4 is 10.1 Å². The van der Waals surface area contributed by atoms with Crippen LogP contribution in [0.15, 0.2) is 77.3 Å². The van der Waals surface area contributed by atoms with Crippen LogP contribution >= 0.6 is 0 Å². The van der Waals surface area contributed by atoms with Crippen molar-refractivity contribution in [2.45, 2.75) is 18.8 Å². The minimum absolute atomic E-state index is 0.174. The van der Waals surface area contributed by atoms with Crippen molar-refractivity contribution in [1.29, 1.82) is 0 Å². The third kappa shape index (κ3) is 4.84. The summed E-state index contributed by atoms with van der Waals surface area (Å²) in [7, 11) is 0. The smallest absolute Gasteiger partial charge is 0.406 e. The average Bonchev–Trinajstić information content (AvgIpc) is 3.04. The van der Waals surface area contributed by atoms with Crippen molar-refractivity contribution in [3.63, 3.8) is 0 Å². The molecule has 1 atom stereocenters. The van der Waals surface area contributed by atoms with E-state index in [9.17, 15) is 22.0 Å². The molecule has 0 amide bonds. The van der Waals surface area contributed by atoms with Gasteiger partial charge in [0.05, 0.1) is 18.2 Å². The molecule has 1 aliphatic heterocycles. The summed E-state index contributed by atoms with van der Waals surface area (Å²) in [5.41, 5.74) is 2.30. The fourth-order valence-electron chi connectivity index (χ4n) is 3.47. The summed E-state index contributed by atoms with van der Waals surface area (Å²) in [6, 6.07) is 9.06. The molecule has 31 heavy (non-hydrogen) atoms. The topological polar surface area (TPSA) is 33.6 Å². The second kappa shape index (κ2) is 8.37. The van der Waals surface area contributed by atoms with Gasteiger partial charge in [-0.2, -0.15) is 0 Å².